The minimum Gasteiger partial charge on any atom is -0.390 e. The first-order chi connectivity index (χ1) is 12.7. The lowest BCUT2D eigenvalue weighted by Gasteiger charge is -2.25. The van der Waals surface area contributed by atoms with Gasteiger partial charge in [0.15, 0.2) is 6.10 Å². The molecule has 2 amide bonds. The second-order valence-electron chi connectivity index (χ2n) is 6.18. The number of hydrogen-bond acceptors (Lipinski definition) is 3. The van der Waals surface area contributed by atoms with E-state index in [-0.39, 0.29) is 18.0 Å². The Bertz CT molecular complexity index is 762. The van der Waals surface area contributed by atoms with Crippen molar-refractivity contribution in [2.75, 3.05) is 13.1 Å². The predicted molar refractivity (Wildman–Crippen MR) is 98.4 cm³/mol. The van der Waals surface area contributed by atoms with Crippen molar-refractivity contribution in [3.05, 3.63) is 71.5 Å². The van der Waals surface area contributed by atoms with Gasteiger partial charge in [-0.05, 0) is 30.2 Å². The molecule has 0 radical (unpaired) electrons. The molecular weight excluding hydrogens is 333 g/mol. The second-order valence-corrected chi connectivity index (χ2v) is 6.18. The predicted octanol–water partition coefficient (Wildman–Crippen LogP) is 3.55. The third kappa shape index (κ3) is 4.59. The number of carbonyl (C=O) groups excluding carboxylic acids is 1. The van der Waals surface area contributed by atoms with Gasteiger partial charge < -0.3 is 15.1 Å². The Balaban J connectivity index is 1.64. The third-order valence-electron chi connectivity index (χ3n) is 4.17. The van der Waals surface area contributed by atoms with E-state index in [1.165, 1.54) is 12.1 Å². The molecule has 136 valence electrons. The molecule has 6 heteroatoms. The van der Waals surface area contributed by atoms with Crippen LogP contribution in [0, 0.1) is 5.82 Å². The summed E-state index contributed by atoms with van der Waals surface area (Å²) in [6.45, 7) is 3.20. The van der Waals surface area contributed by atoms with Gasteiger partial charge in [-0.1, -0.05) is 47.6 Å². The van der Waals surface area contributed by atoms with Gasteiger partial charge in [0.1, 0.15) is 5.82 Å². The van der Waals surface area contributed by atoms with Crippen LogP contribution in [0.5, 0.6) is 0 Å². The molecule has 1 heterocycles. The summed E-state index contributed by atoms with van der Waals surface area (Å²) < 4.78 is 13.1. The van der Waals surface area contributed by atoms with Crippen LogP contribution in [-0.4, -0.2) is 35.8 Å². The first-order valence-electron chi connectivity index (χ1n) is 8.71. The Labute approximate surface area is 152 Å². The summed E-state index contributed by atoms with van der Waals surface area (Å²) in [5.41, 5.74) is 2.77. The first kappa shape index (κ1) is 17.9. The van der Waals surface area contributed by atoms with Crippen molar-refractivity contribution in [2.45, 2.75) is 26.0 Å². The van der Waals surface area contributed by atoms with Crippen LogP contribution in [-0.2, 0) is 11.4 Å². The van der Waals surface area contributed by atoms with Gasteiger partial charge in [-0.25, -0.2) is 9.18 Å². The number of hydrogen-bond donors (Lipinski definition) is 1. The largest absolute Gasteiger partial charge is 0.390 e. The molecule has 0 spiro atoms. The number of amides is 2. The van der Waals surface area contributed by atoms with Gasteiger partial charge in [0.05, 0.1) is 12.3 Å². The summed E-state index contributed by atoms with van der Waals surface area (Å²) in [6, 6.07) is 15.8. The first-order valence-corrected chi connectivity index (χ1v) is 8.71. The van der Waals surface area contributed by atoms with Crippen molar-refractivity contribution in [2.24, 2.45) is 5.16 Å². The number of urea groups is 1. The molecule has 1 aliphatic heterocycles. The van der Waals surface area contributed by atoms with Crippen molar-refractivity contribution in [1.82, 2.24) is 10.2 Å². The Morgan fingerprint density at radius 1 is 1.23 bits per heavy atom. The molecule has 0 saturated heterocycles. The second kappa shape index (κ2) is 8.47. The summed E-state index contributed by atoms with van der Waals surface area (Å²) in [5, 5.41) is 6.99. The quantitative estimate of drug-likeness (QED) is 0.861. The highest BCUT2D eigenvalue weighted by atomic mass is 19.1. The summed E-state index contributed by atoms with van der Waals surface area (Å²) >= 11 is 0. The van der Waals surface area contributed by atoms with Crippen LogP contribution in [0.15, 0.2) is 59.8 Å². The van der Waals surface area contributed by atoms with Gasteiger partial charge in [0.2, 0.25) is 0 Å². The van der Waals surface area contributed by atoms with E-state index >= 15 is 0 Å². The van der Waals surface area contributed by atoms with Gasteiger partial charge in [-0.15, -0.1) is 0 Å². The van der Waals surface area contributed by atoms with Crippen LogP contribution in [0.2, 0.25) is 0 Å². The van der Waals surface area contributed by atoms with Crippen LogP contribution in [0.25, 0.3) is 0 Å². The van der Waals surface area contributed by atoms with Crippen LogP contribution in [0.1, 0.15) is 24.5 Å². The molecule has 0 aliphatic carbocycles. The molecule has 1 aliphatic rings. The summed E-state index contributed by atoms with van der Waals surface area (Å²) in [4.78, 5) is 19.6. The molecule has 26 heavy (non-hydrogen) atoms. The van der Waals surface area contributed by atoms with Crippen LogP contribution in [0.4, 0.5) is 9.18 Å². The van der Waals surface area contributed by atoms with E-state index < -0.39 is 0 Å². The summed E-state index contributed by atoms with van der Waals surface area (Å²) in [5.74, 6) is -0.293. The van der Waals surface area contributed by atoms with E-state index in [4.69, 9.17) is 4.84 Å². The molecule has 0 saturated carbocycles. The maximum absolute atomic E-state index is 13.1. The average Bonchev–Trinajstić information content (AvgIpc) is 3.12. The van der Waals surface area contributed by atoms with Gasteiger partial charge in [-0.2, -0.15) is 0 Å². The molecule has 5 nitrogen and oxygen atoms in total. The maximum Gasteiger partial charge on any atom is 0.317 e. The number of nitrogens with zero attached hydrogens (tertiary/aromatic N) is 2. The number of oxime groups is 1. The van der Waals surface area contributed by atoms with Crippen LogP contribution in [0.3, 0.4) is 0 Å². The van der Waals surface area contributed by atoms with Gasteiger partial charge in [0.25, 0.3) is 0 Å². The minimum atomic E-state index is -0.293. The molecule has 3 rings (SSSR count). The topological polar surface area (TPSA) is 53.9 Å². The van der Waals surface area contributed by atoms with Crippen molar-refractivity contribution >= 4 is 11.7 Å². The maximum atomic E-state index is 13.1. The Morgan fingerprint density at radius 2 is 1.96 bits per heavy atom. The monoisotopic (exact) mass is 355 g/mol. The molecule has 2 aromatic rings. The van der Waals surface area contributed by atoms with E-state index in [9.17, 15) is 9.18 Å². The van der Waals surface area contributed by atoms with Crippen molar-refractivity contribution in [3.63, 3.8) is 0 Å². The highest BCUT2D eigenvalue weighted by molar-refractivity contribution is 6.01. The zero-order chi connectivity index (χ0) is 18.4. The number of nitrogens with one attached hydrogen (secondary N) is 1. The smallest absolute Gasteiger partial charge is 0.317 e. The number of halogens is 1. The molecular formula is C20H22FN3O2. The molecule has 0 aromatic heterocycles. The average molecular weight is 355 g/mol. The van der Waals surface area contributed by atoms with Gasteiger partial charge >= 0.3 is 6.03 Å². The minimum absolute atomic E-state index is 0.173. The van der Waals surface area contributed by atoms with E-state index in [1.807, 2.05) is 37.3 Å². The van der Waals surface area contributed by atoms with Gasteiger partial charge in [0, 0.05) is 19.5 Å². The standard InChI is InChI=1S/C20H22FN3O2/c1-2-22-20(25)24(13-15-8-10-17(21)11-9-15)14-18-12-19(23-26-18)16-6-4-3-5-7-16/h3-11,18H,2,12-14H2,1H3,(H,22,25)/t18-/m1/s1. The van der Waals surface area contributed by atoms with E-state index in [2.05, 4.69) is 10.5 Å². The lowest BCUT2D eigenvalue weighted by Crippen LogP contribution is -2.43. The van der Waals surface area contributed by atoms with E-state index in [0.29, 0.717) is 26.1 Å². The molecule has 1 atom stereocenters. The summed E-state index contributed by atoms with van der Waals surface area (Å²) in [6.07, 6.45) is 0.442. The SMILES string of the molecule is CCNC(=O)N(Cc1ccc(F)cc1)C[C@H]1CC(c2ccccc2)=NO1. The Hall–Kier alpha value is -2.89. The molecule has 1 N–H and O–H groups in total. The highest BCUT2D eigenvalue weighted by Gasteiger charge is 2.26. The fraction of sp³-hybridized carbons (Fsp3) is 0.300. The fourth-order valence-corrected chi connectivity index (χ4v) is 2.87. The van der Waals surface area contributed by atoms with Crippen LogP contribution >= 0.6 is 0 Å². The summed E-state index contributed by atoms with van der Waals surface area (Å²) in [7, 11) is 0. The van der Waals surface area contributed by atoms with Crippen LogP contribution < -0.4 is 5.32 Å². The van der Waals surface area contributed by atoms with Crippen molar-refractivity contribution in [3.8, 4) is 0 Å². The number of carbonyl (C=O) groups is 1. The number of rotatable bonds is 6. The third-order valence-corrected chi connectivity index (χ3v) is 4.17. The number of benzene rings is 2. The highest BCUT2D eigenvalue weighted by Crippen LogP contribution is 2.18. The zero-order valence-electron chi connectivity index (χ0n) is 14.7. The Morgan fingerprint density at radius 3 is 2.65 bits per heavy atom. The fourth-order valence-electron chi connectivity index (χ4n) is 2.87. The van der Waals surface area contributed by atoms with Crippen molar-refractivity contribution < 1.29 is 14.0 Å². The molecule has 2 aromatic carbocycles. The molecule has 0 bridgehead atoms. The van der Waals surface area contributed by atoms with Gasteiger partial charge in [-0.3, -0.25) is 0 Å². The van der Waals surface area contributed by atoms with E-state index in [0.717, 1.165) is 16.8 Å². The lowest BCUT2D eigenvalue weighted by atomic mass is 10.0. The normalized spacial score (nSPS) is 15.9. The lowest BCUT2D eigenvalue weighted by molar-refractivity contribution is 0.0590. The molecule has 0 fully saturated rings. The van der Waals surface area contributed by atoms with E-state index in [1.54, 1.807) is 17.0 Å². The zero-order valence-corrected chi connectivity index (χ0v) is 14.7. The Kier molecular flexibility index (Phi) is 5.84. The molecule has 0 unspecified atom stereocenters. The van der Waals surface area contributed by atoms with Crippen molar-refractivity contribution in [1.29, 1.82) is 0 Å².